The van der Waals surface area contributed by atoms with Gasteiger partial charge >= 0.3 is 0 Å². The third-order valence-electron chi connectivity index (χ3n) is 4.67. The molecule has 26 heavy (non-hydrogen) atoms. The molecule has 134 valence electrons. The normalized spacial score (nSPS) is 12.2. The molecule has 0 radical (unpaired) electrons. The standard InChI is InChI=1S/C20H20FN3O2/c1-13(15-8-10-16(21)11-9-15)23(3)19(25)12-24-14(2)22-18-7-5-4-6-17(18)20(24)26/h4-11,13H,12H2,1-3H3/t13-/m0/s1. The smallest absolute Gasteiger partial charge is 0.261 e. The maximum Gasteiger partial charge on any atom is 0.261 e. The van der Waals surface area contributed by atoms with Crippen molar-refractivity contribution in [1.82, 2.24) is 14.5 Å². The first-order valence-corrected chi connectivity index (χ1v) is 8.36. The number of hydrogen-bond acceptors (Lipinski definition) is 3. The number of likely N-dealkylation sites (N-methyl/N-ethyl adjacent to an activating group) is 1. The average molecular weight is 353 g/mol. The fourth-order valence-electron chi connectivity index (χ4n) is 2.89. The first-order valence-electron chi connectivity index (χ1n) is 8.36. The van der Waals surface area contributed by atoms with Crippen LogP contribution in [-0.4, -0.2) is 27.4 Å². The first kappa shape index (κ1) is 17.8. The van der Waals surface area contributed by atoms with Gasteiger partial charge in [0.05, 0.1) is 16.9 Å². The van der Waals surface area contributed by atoms with Crippen LogP contribution < -0.4 is 5.56 Å². The first-order chi connectivity index (χ1) is 12.4. The second-order valence-electron chi connectivity index (χ2n) is 6.30. The van der Waals surface area contributed by atoms with E-state index < -0.39 is 0 Å². The highest BCUT2D eigenvalue weighted by atomic mass is 19.1. The van der Waals surface area contributed by atoms with Crippen LogP contribution in [0.15, 0.2) is 53.3 Å². The SMILES string of the molecule is Cc1nc2ccccc2c(=O)n1CC(=O)N(C)[C@@H](C)c1ccc(F)cc1. The molecule has 0 fully saturated rings. The van der Waals surface area contributed by atoms with Gasteiger partial charge in [-0.2, -0.15) is 0 Å². The van der Waals surface area contributed by atoms with Gasteiger partial charge in [-0.25, -0.2) is 9.37 Å². The minimum Gasteiger partial charge on any atom is -0.337 e. The summed E-state index contributed by atoms with van der Waals surface area (Å²) in [5.41, 5.74) is 1.21. The van der Waals surface area contributed by atoms with Crippen molar-refractivity contribution in [2.45, 2.75) is 26.4 Å². The van der Waals surface area contributed by atoms with E-state index in [4.69, 9.17) is 0 Å². The molecule has 0 aliphatic carbocycles. The summed E-state index contributed by atoms with van der Waals surface area (Å²) in [5, 5.41) is 0.486. The van der Waals surface area contributed by atoms with Crippen molar-refractivity contribution >= 4 is 16.8 Å². The molecule has 0 spiro atoms. The van der Waals surface area contributed by atoms with E-state index in [1.54, 1.807) is 49.2 Å². The summed E-state index contributed by atoms with van der Waals surface area (Å²) in [7, 11) is 1.67. The van der Waals surface area contributed by atoms with E-state index in [-0.39, 0.29) is 29.9 Å². The zero-order valence-corrected chi connectivity index (χ0v) is 14.9. The number of carbonyl (C=O) groups excluding carboxylic acids is 1. The van der Waals surface area contributed by atoms with Crippen molar-refractivity contribution < 1.29 is 9.18 Å². The quantitative estimate of drug-likeness (QED) is 0.724. The molecule has 1 atom stereocenters. The van der Waals surface area contributed by atoms with Gasteiger partial charge in [-0.15, -0.1) is 0 Å². The minimum atomic E-state index is -0.320. The largest absolute Gasteiger partial charge is 0.337 e. The number of aromatic nitrogens is 2. The maximum absolute atomic E-state index is 13.1. The van der Waals surface area contributed by atoms with Crippen LogP contribution in [0.2, 0.25) is 0 Å². The van der Waals surface area contributed by atoms with Crippen LogP contribution in [-0.2, 0) is 11.3 Å². The van der Waals surface area contributed by atoms with Crippen LogP contribution >= 0.6 is 0 Å². The van der Waals surface area contributed by atoms with Gasteiger partial charge in [-0.3, -0.25) is 14.2 Å². The van der Waals surface area contributed by atoms with E-state index in [0.717, 1.165) is 5.56 Å². The lowest BCUT2D eigenvalue weighted by Crippen LogP contribution is -2.36. The number of hydrogen-bond donors (Lipinski definition) is 0. The number of halogens is 1. The van der Waals surface area contributed by atoms with Gasteiger partial charge in [0.15, 0.2) is 0 Å². The Bertz CT molecular complexity index is 1010. The summed E-state index contributed by atoms with van der Waals surface area (Å²) >= 11 is 0. The molecule has 1 amide bonds. The highest BCUT2D eigenvalue weighted by molar-refractivity contribution is 5.79. The van der Waals surface area contributed by atoms with Gasteiger partial charge in [0.2, 0.25) is 5.91 Å². The lowest BCUT2D eigenvalue weighted by atomic mass is 10.1. The van der Waals surface area contributed by atoms with E-state index in [2.05, 4.69) is 4.98 Å². The molecule has 0 saturated carbocycles. The van der Waals surface area contributed by atoms with E-state index >= 15 is 0 Å². The molecule has 0 aliphatic rings. The Kier molecular flexibility index (Phi) is 4.84. The number of rotatable bonds is 4. The molecule has 3 aromatic rings. The average Bonchev–Trinajstić information content (AvgIpc) is 2.64. The van der Waals surface area contributed by atoms with Crippen molar-refractivity contribution in [3.63, 3.8) is 0 Å². The van der Waals surface area contributed by atoms with Crippen LogP contribution in [0.1, 0.15) is 24.4 Å². The number of aryl methyl sites for hydroxylation is 1. The molecule has 2 aromatic carbocycles. The molecule has 0 aliphatic heterocycles. The van der Waals surface area contributed by atoms with Gasteiger partial charge in [0, 0.05) is 7.05 Å². The zero-order valence-electron chi connectivity index (χ0n) is 14.9. The molecule has 5 nitrogen and oxygen atoms in total. The van der Waals surface area contributed by atoms with Crippen LogP contribution in [0.25, 0.3) is 10.9 Å². The van der Waals surface area contributed by atoms with Crippen molar-refractivity contribution in [3.05, 3.63) is 76.1 Å². The number of amides is 1. The molecule has 0 bridgehead atoms. The number of para-hydroxylation sites is 1. The highest BCUT2D eigenvalue weighted by Crippen LogP contribution is 2.19. The molecule has 3 rings (SSSR count). The monoisotopic (exact) mass is 353 g/mol. The number of fused-ring (bicyclic) bond motifs is 1. The van der Waals surface area contributed by atoms with E-state index in [1.165, 1.54) is 16.7 Å². The molecule has 0 unspecified atom stereocenters. The Morgan fingerprint density at radius 3 is 2.54 bits per heavy atom. The number of benzene rings is 2. The summed E-state index contributed by atoms with van der Waals surface area (Å²) in [6.45, 7) is 3.48. The van der Waals surface area contributed by atoms with Crippen LogP contribution in [0.4, 0.5) is 4.39 Å². The highest BCUT2D eigenvalue weighted by Gasteiger charge is 2.19. The molecule has 1 heterocycles. The van der Waals surface area contributed by atoms with Crippen molar-refractivity contribution in [2.75, 3.05) is 7.05 Å². The third kappa shape index (κ3) is 3.35. The molecular formula is C20H20FN3O2. The Morgan fingerprint density at radius 2 is 1.85 bits per heavy atom. The van der Waals surface area contributed by atoms with E-state index in [9.17, 15) is 14.0 Å². The Balaban J connectivity index is 1.86. The van der Waals surface area contributed by atoms with E-state index in [0.29, 0.717) is 16.7 Å². The summed E-state index contributed by atoms with van der Waals surface area (Å²) in [6, 6.07) is 12.9. The van der Waals surface area contributed by atoms with Crippen molar-refractivity contribution in [1.29, 1.82) is 0 Å². The van der Waals surface area contributed by atoms with Gasteiger partial charge in [-0.1, -0.05) is 24.3 Å². The van der Waals surface area contributed by atoms with Crippen LogP contribution in [0, 0.1) is 12.7 Å². The molecule has 0 N–H and O–H groups in total. The Morgan fingerprint density at radius 1 is 1.19 bits per heavy atom. The predicted molar refractivity (Wildman–Crippen MR) is 98.3 cm³/mol. The second-order valence-corrected chi connectivity index (χ2v) is 6.30. The molecule has 1 aromatic heterocycles. The molecule has 0 saturated heterocycles. The summed E-state index contributed by atoms with van der Waals surface area (Å²) < 4.78 is 14.5. The lowest BCUT2D eigenvalue weighted by Gasteiger charge is -2.26. The van der Waals surface area contributed by atoms with E-state index in [1.807, 2.05) is 13.0 Å². The fraction of sp³-hybridized carbons (Fsp3) is 0.250. The number of carbonyl (C=O) groups is 1. The predicted octanol–water partition coefficient (Wildman–Crippen LogP) is 3.06. The molecular weight excluding hydrogens is 333 g/mol. The summed E-state index contributed by atoms with van der Waals surface area (Å²) in [6.07, 6.45) is 0. The van der Waals surface area contributed by atoms with Crippen LogP contribution in [0.3, 0.4) is 0 Å². The minimum absolute atomic E-state index is 0.0927. The van der Waals surface area contributed by atoms with Crippen molar-refractivity contribution in [3.8, 4) is 0 Å². The Labute approximate surface area is 150 Å². The number of nitrogens with zero attached hydrogens (tertiary/aromatic N) is 3. The van der Waals surface area contributed by atoms with Crippen LogP contribution in [0.5, 0.6) is 0 Å². The Hall–Kier alpha value is -3.02. The fourth-order valence-corrected chi connectivity index (χ4v) is 2.89. The summed E-state index contributed by atoms with van der Waals surface area (Å²) in [4.78, 5) is 31.4. The van der Waals surface area contributed by atoms with Gasteiger partial charge in [0.1, 0.15) is 18.2 Å². The van der Waals surface area contributed by atoms with Gasteiger partial charge in [0.25, 0.3) is 5.56 Å². The lowest BCUT2D eigenvalue weighted by molar-refractivity contribution is -0.132. The summed E-state index contributed by atoms with van der Waals surface area (Å²) in [5.74, 6) is -0.0478. The van der Waals surface area contributed by atoms with Gasteiger partial charge in [-0.05, 0) is 43.7 Å². The topological polar surface area (TPSA) is 55.2 Å². The zero-order chi connectivity index (χ0) is 18.8. The third-order valence-corrected chi connectivity index (χ3v) is 4.67. The van der Waals surface area contributed by atoms with Crippen molar-refractivity contribution in [2.24, 2.45) is 0 Å². The van der Waals surface area contributed by atoms with Gasteiger partial charge < -0.3 is 4.90 Å². The maximum atomic E-state index is 13.1. The molecule has 6 heteroatoms. The second kappa shape index (κ2) is 7.07.